The van der Waals surface area contributed by atoms with Crippen LogP contribution in [0, 0.1) is 0 Å². The Morgan fingerprint density at radius 3 is 3.12 bits per heavy atom. The molecule has 16 heavy (non-hydrogen) atoms. The zero-order valence-corrected chi connectivity index (χ0v) is 9.09. The Bertz CT molecular complexity index is 493. The van der Waals surface area contributed by atoms with E-state index in [1.54, 1.807) is 19.2 Å². The molecule has 0 bridgehead atoms. The quantitative estimate of drug-likeness (QED) is 0.558. The van der Waals surface area contributed by atoms with Gasteiger partial charge in [-0.15, -0.1) is 10.2 Å². The maximum atomic E-state index is 10.6. The second kappa shape index (κ2) is 4.85. The molecule has 0 radical (unpaired) electrons. The average Bonchev–Trinajstić information content (AvgIpc) is 2.72. The van der Waals surface area contributed by atoms with Crippen LogP contribution < -0.4 is 0 Å². The lowest BCUT2D eigenvalue weighted by Crippen LogP contribution is -1.98. The van der Waals surface area contributed by atoms with Crippen molar-refractivity contribution in [3.8, 4) is 0 Å². The molecule has 0 fully saturated rings. The van der Waals surface area contributed by atoms with Crippen molar-refractivity contribution < 1.29 is 9.53 Å². The minimum absolute atomic E-state index is 0.614. The molecule has 2 aromatic rings. The van der Waals surface area contributed by atoms with Gasteiger partial charge >= 0.3 is 0 Å². The van der Waals surface area contributed by atoms with Gasteiger partial charge in [-0.05, 0) is 18.6 Å². The molecule has 0 atom stereocenters. The van der Waals surface area contributed by atoms with E-state index in [0.717, 1.165) is 25.0 Å². The molecule has 84 valence electrons. The zero-order valence-electron chi connectivity index (χ0n) is 9.09. The van der Waals surface area contributed by atoms with E-state index in [1.807, 2.05) is 10.6 Å². The molecular weight excluding hydrogens is 206 g/mol. The van der Waals surface area contributed by atoms with Crippen molar-refractivity contribution in [1.29, 1.82) is 0 Å². The van der Waals surface area contributed by atoms with Crippen LogP contribution in [0.5, 0.6) is 0 Å². The summed E-state index contributed by atoms with van der Waals surface area (Å²) in [6, 6.07) is 3.48. The van der Waals surface area contributed by atoms with E-state index < -0.39 is 0 Å². The van der Waals surface area contributed by atoms with E-state index in [0.29, 0.717) is 17.8 Å². The lowest BCUT2D eigenvalue weighted by atomic mass is 10.3. The van der Waals surface area contributed by atoms with Crippen molar-refractivity contribution in [2.24, 2.45) is 0 Å². The number of aldehydes is 1. The van der Waals surface area contributed by atoms with Crippen molar-refractivity contribution in [2.75, 3.05) is 13.7 Å². The van der Waals surface area contributed by atoms with Gasteiger partial charge in [-0.2, -0.15) is 0 Å². The van der Waals surface area contributed by atoms with E-state index in [1.165, 1.54) is 0 Å². The minimum atomic E-state index is 0.614. The van der Waals surface area contributed by atoms with E-state index in [2.05, 4.69) is 10.2 Å². The van der Waals surface area contributed by atoms with Crippen LogP contribution >= 0.6 is 0 Å². The number of ether oxygens (including phenoxy) is 1. The zero-order chi connectivity index (χ0) is 11.4. The Kier molecular flexibility index (Phi) is 3.26. The van der Waals surface area contributed by atoms with Crippen LogP contribution in [0.1, 0.15) is 22.6 Å². The number of aryl methyl sites for hydroxylation is 1. The second-order valence-corrected chi connectivity index (χ2v) is 3.52. The molecule has 0 aromatic carbocycles. The van der Waals surface area contributed by atoms with Crippen LogP contribution in [0.25, 0.3) is 5.65 Å². The van der Waals surface area contributed by atoms with Crippen LogP contribution in [-0.4, -0.2) is 34.6 Å². The normalized spacial score (nSPS) is 10.8. The summed E-state index contributed by atoms with van der Waals surface area (Å²) in [5.41, 5.74) is 1.32. The molecule has 5 nitrogen and oxygen atoms in total. The Morgan fingerprint density at radius 1 is 1.50 bits per heavy atom. The van der Waals surface area contributed by atoms with Gasteiger partial charge in [0.1, 0.15) is 12.1 Å². The second-order valence-electron chi connectivity index (χ2n) is 3.52. The third-order valence-corrected chi connectivity index (χ3v) is 2.39. The Morgan fingerprint density at radius 2 is 2.38 bits per heavy atom. The maximum absolute atomic E-state index is 10.6. The first kappa shape index (κ1) is 10.8. The standard InChI is InChI=1S/C11H13N3O2/c1-16-6-2-3-10-12-13-11-7-9(8-15)4-5-14(10)11/h4-5,7-8H,2-3,6H2,1H3. The largest absolute Gasteiger partial charge is 0.385 e. The van der Waals surface area contributed by atoms with E-state index in [9.17, 15) is 4.79 Å². The number of pyridine rings is 1. The lowest BCUT2D eigenvalue weighted by molar-refractivity contribution is 0.112. The van der Waals surface area contributed by atoms with E-state index in [4.69, 9.17) is 4.74 Å². The summed E-state index contributed by atoms with van der Waals surface area (Å²) < 4.78 is 6.88. The van der Waals surface area contributed by atoms with Crippen LogP contribution in [0.2, 0.25) is 0 Å². The molecule has 0 N–H and O–H groups in total. The van der Waals surface area contributed by atoms with E-state index in [-0.39, 0.29) is 0 Å². The fraction of sp³-hybridized carbons (Fsp3) is 0.364. The van der Waals surface area contributed by atoms with Crippen molar-refractivity contribution in [3.05, 3.63) is 29.7 Å². The minimum Gasteiger partial charge on any atom is -0.385 e. The summed E-state index contributed by atoms with van der Waals surface area (Å²) in [7, 11) is 1.68. The van der Waals surface area contributed by atoms with Crippen LogP contribution in [0.15, 0.2) is 18.3 Å². The third kappa shape index (κ3) is 2.09. The SMILES string of the molecule is COCCCc1nnc2cc(C=O)ccn12. The summed E-state index contributed by atoms with van der Waals surface area (Å²) in [4.78, 5) is 10.6. The molecular formula is C11H13N3O2. The summed E-state index contributed by atoms with van der Waals surface area (Å²) in [5, 5.41) is 8.10. The summed E-state index contributed by atoms with van der Waals surface area (Å²) >= 11 is 0. The van der Waals surface area contributed by atoms with Crippen molar-refractivity contribution in [1.82, 2.24) is 14.6 Å². The van der Waals surface area contributed by atoms with Gasteiger partial charge in [0, 0.05) is 31.9 Å². The Hall–Kier alpha value is -1.75. The molecule has 0 aliphatic rings. The predicted octanol–water partition coefficient (Wildman–Crippen LogP) is 1.12. The number of hydrogen-bond acceptors (Lipinski definition) is 4. The fourth-order valence-corrected chi connectivity index (χ4v) is 1.57. The molecule has 2 rings (SSSR count). The smallest absolute Gasteiger partial charge is 0.161 e. The van der Waals surface area contributed by atoms with Crippen LogP contribution in [0.4, 0.5) is 0 Å². The summed E-state index contributed by atoms with van der Waals surface area (Å²) in [5.74, 6) is 0.893. The predicted molar refractivity (Wildman–Crippen MR) is 58.6 cm³/mol. The first-order valence-corrected chi connectivity index (χ1v) is 5.13. The van der Waals surface area contributed by atoms with Crippen LogP contribution in [-0.2, 0) is 11.2 Å². The molecule has 0 saturated carbocycles. The molecule has 0 amide bonds. The molecule has 5 heteroatoms. The van der Waals surface area contributed by atoms with Gasteiger partial charge < -0.3 is 4.74 Å². The van der Waals surface area contributed by atoms with Gasteiger partial charge in [-0.3, -0.25) is 9.20 Å². The number of hydrogen-bond donors (Lipinski definition) is 0. The highest BCUT2D eigenvalue weighted by atomic mass is 16.5. The van der Waals surface area contributed by atoms with Crippen LogP contribution in [0.3, 0.4) is 0 Å². The average molecular weight is 219 g/mol. The van der Waals surface area contributed by atoms with Crippen molar-refractivity contribution in [2.45, 2.75) is 12.8 Å². The lowest BCUT2D eigenvalue weighted by Gasteiger charge is -1.99. The first-order chi connectivity index (χ1) is 7.85. The number of fused-ring (bicyclic) bond motifs is 1. The Balaban J connectivity index is 2.23. The number of carbonyl (C=O) groups excluding carboxylic acids is 1. The molecule has 0 saturated heterocycles. The number of rotatable bonds is 5. The Labute approximate surface area is 93.1 Å². The topological polar surface area (TPSA) is 56.5 Å². The highest BCUT2D eigenvalue weighted by Crippen LogP contribution is 2.07. The van der Waals surface area contributed by atoms with Crippen molar-refractivity contribution >= 4 is 11.9 Å². The van der Waals surface area contributed by atoms with Crippen molar-refractivity contribution in [3.63, 3.8) is 0 Å². The number of nitrogens with zero attached hydrogens (tertiary/aromatic N) is 3. The molecule has 2 aromatic heterocycles. The van der Waals surface area contributed by atoms with Gasteiger partial charge in [0.15, 0.2) is 5.65 Å². The fourth-order valence-electron chi connectivity index (χ4n) is 1.57. The highest BCUT2D eigenvalue weighted by Gasteiger charge is 2.05. The van der Waals surface area contributed by atoms with Gasteiger partial charge in [-0.25, -0.2) is 0 Å². The molecule has 2 heterocycles. The van der Waals surface area contributed by atoms with Gasteiger partial charge in [0.25, 0.3) is 0 Å². The van der Waals surface area contributed by atoms with Gasteiger partial charge in [0.05, 0.1) is 0 Å². The number of aromatic nitrogens is 3. The molecule has 0 aliphatic heterocycles. The monoisotopic (exact) mass is 219 g/mol. The molecule has 0 spiro atoms. The highest BCUT2D eigenvalue weighted by molar-refractivity contribution is 5.76. The van der Waals surface area contributed by atoms with Gasteiger partial charge in [-0.1, -0.05) is 0 Å². The summed E-state index contributed by atoms with van der Waals surface area (Å²) in [6.07, 6.45) is 4.35. The molecule has 0 aliphatic carbocycles. The molecule has 0 unspecified atom stereocenters. The first-order valence-electron chi connectivity index (χ1n) is 5.13. The third-order valence-electron chi connectivity index (χ3n) is 2.39. The van der Waals surface area contributed by atoms with Gasteiger partial charge in [0.2, 0.25) is 0 Å². The van der Waals surface area contributed by atoms with E-state index >= 15 is 0 Å². The number of methoxy groups -OCH3 is 1. The number of carbonyl (C=O) groups is 1. The summed E-state index contributed by atoms with van der Waals surface area (Å²) in [6.45, 7) is 0.710. The maximum Gasteiger partial charge on any atom is 0.161 e.